The fraction of sp³-hybridized carbons (Fsp3) is 0.688. The second kappa shape index (κ2) is 18.0. The van der Waals surface area contributed by atoms with Crippen molar-refractivity contribution in [3.8, 4) is 11.5 Å². The Kier molecular flexibility index (Phi) is 14.0. The summed E-state index contributed by atoms with van der Waals surface area (Å²) in [6.45, 7) is -0.872. The largest absolute Gasteiger partial charge is 0.504 e. The predicted octanol–water partition coefficient (Wildman–Crippen LogP) is -4.64. The minimum absolute atomic E-state index is 0.107. The third-order valence-electron chi connectivity index (χ3n) is 8.83. The Hall–Kier alpha value is -3.10. The molecule has 0 amide bonds. The Balaban J connectivity index is 1.30. The molecule has 5 rings (SSSR count). The molecular weight excluding hydrogens is 720 g/mol. The number of aromatic hydroxyl groups is 1. The van der Waals surface area contributed by atoms with Gasteiger partial charge in [0.2, 0.25) is 0 Å². The second-order valence-electron chi connectivity index (χ2n) is 12.6. The maximum Gasteiger partial charge on any atom is 0.330 e. The lowest BCUT2D eigenvalue weighted by atomic mass is 10.0. The van der Waals surface area contributed by atoms with Crippen LogP contribution in [0.1, 0.15) is 12.5 Å². The lowest BCUT2D eigenvalue weighted by Crippen LogP contribution is -2.62. The molecule has 4 fully saturated rings. The molecule has 0 unspecified atom stereocenters. The molecule has 53 heavy (non-hydrogen) atoms. The van der Waals surface area contributed by atoms with Crippen molar-refractivity contribution in [3.05, 3.63) is 29.8 Å². The number of carbonyl (C=O) groups is 2. The molecule has 9 N–H and O–H groups in total. The molecule has 4 saturated heterocycles. The van der Waals surface area contributed by atoms with Crippen molar-refractivity contribution in [2.45, 2.75) is 105 Å². The molecule has 0 spiro atoms. The Morgan fingerprint density at radius 1 is 0.774 bits per heavy atom. The van der Waals surface area contributed by atoms with E-state index in [9.17, 15) is 55.5 Å². The van der Waals surface area contributed by atoms with Crippen LogP contribution in [0.15, 0.2) is 24.3 Å². The van der Waals surface area contributed by atoms with Crippen LogP contribution >= 0.6 is 0 Å². The number of benzene rings is 1. The van der Waals surface area contributed by atoms with Crippen LogP contribution in [0.4, 0.5) is 0 Å². The summed E-state index contributed by atoms with van der Waals surface area (Å²) >= 11 is 0. The number of hydrogen-bond acceptors (Lipinski definition) is 21. The lowest BCUT2D eigenvalue weighted by Gasteiger charge is -2.45. The molecule has 0 bridgehead atoms. The van der Waals surface area contributed by atoms with E-state index in [1.54, 1.807) is 0 Å². The third kappa shape index (κ3) is 9.77. The van der Waals surface area contributed by atoms with Crippen LogP contribution in [0.5, 0.6) is 11.5 Å². The Morgan fingerprint density at radius 2 is 1.45 bits per heavy atom. The van der Waals surface area contributed by atoms with Crippen molar-refractivity contribution in [3.63, 3.8) is 0 Å². The van der Waals surface area contributed by atoms with Gasteiger partial charge >= 0.3 is 11.9 Å². The monoisotopic (exact) mass is 764 g/mol. The zero-order chi connectivity index (χ0) is 38.6. The standard InChI is InChI=1S/C32H44O21/c1-12(33)49-28-23(39)18(9-45-20(36)6-4-13-3-5-14(34)16(7-13)44-2)51-32(28)53-27-19(52-30-25(41)21(37)15(35)8-47-30)11-48-31(26(27)42)50-17-10-46-29(43)24(40)22(17)38/h3-7,15,17-19,21-32,34-35,37-43H,8-11H2,1-2H3/t15-,17-,18+,19-,21+,22+,23+,24-,25-,26-,27+,28-,29-,30+,31+,32+/m1/s1. The topological polar surface area (TPSA) is 309 Å². The van der Waals surface area contributed by atoms with Crippen LogP contribution in [0.2, 0.25) is 0 Å². The van der Waals surface area contributed by atoms with Gasteiger partial charge in [-0.05, 0) is 23.8 Å². The Morgan fingerprint density at radius 3 is 2.17 bits per heavy atom. The number of methoxy groups -OCH3 is 1. The second-order valence-corrected chi connectivity index (χ2v) is 12.6. The number of phenolic OH excluding ortho intramolecular Hbond substituents is 1. The minimum Gasteiger partial charge on any atom is -0.504 e. The van der Waals surface area contributed by atoms with Crippen molar-refractivity contribution >= 4 is 18.0 Å². The van der Waals surface area contributed by atoms with Gasteiger partial charge in [-0.1, -0.05) is 6.07 Å². The average Bonchev–Trinajstić information content (AvgIpc) is 3.41. The van der Waals surface area contributed by atoms with Gasteiger partial charge in [0.1, 0.15) is 73.8 Å². The highest BCUT2D eigenvalue weighted by atomic mass is 16.8. The fourth-order valence-electron chi connectivity index (χ4n) is 5.90. The molecule has 16 atom stereocenters. The molecule has 0 saturated carbocycles. The van der Waals surface area contributed by atoms with Crippen molar-refractivity contribution in [1.82, 2.24) is 0 Å². The molecule has 4 aliphatic heterocycles. The van der Waals surface area contributed by atoms with Crippen LogP contribution in [0.25, 0.3) is 6.08 Å². The smallest absolute Gasteiger partial charge is 0.330 e. The lowest BCUT2D eigenvalue weighted by molar-refractivity contribution is -0.362. The fourth-order valence-corrected chi connectivity index (χ4v) is 5.90. The number of hydrogen-bond donors (Lipinski definition) is 9. The highest BCUT2D eigenvalue weighted by Gasteiger charge is 2.53. The van der Waals surface area contributed by atoms with Gasteiger partial charge in [0.25, 0.3) is 0 Å². The Labute approximate surface area is 301 Å². The number of ether oxygens (including phenoxy) is 10. The van der Waals surface area contributed by atoms with Crippen LogP contribution in [-0.4, -0.2) is 190 Å². The molecular formula is C32H44O21. The molecule has 0 aromatic heterocycles. The van der Waals surface area contributed by atoms with Gasteiger partial charge in [0.15, 0.2) is 42.8 Å². The van der Waals surface area contributed by atoms with Crippen molar-refractivity contribution in [2.24, 2.45) is 0 Å². The van der Waals surface area contributed by atoms with E-state index in [1.165, 1.54) is 31.4 Å². The van der Waals surface area contributed by atoms with E-state index in [0.717, 1.165) is 13.0 Å². The molecule has 21 nitrogen and oxygen atoms in total. The number of esters is 2. The van der Waals surface area contributed by atoms with E-state index in [4.69, 9.17) is 47.4 Å². The van der Waals surface area contributed by atoms with Crippen molar-refractivity contribution < 1.29 is 103 Å². The van der Waals surface area contributed by atoms with E-state index < -0.39 is 137 Å². The van der Waals surface area contributed by atoms with Gasteiger partial charge < -0.3 is 93.3 Å². The van der Waals surface area contributed by atoms with E-state index in [0.29, 0.717) is 5.56 Å². The molecule has 0 radical (unpaired) electrons. The highest BCUT2D eigenvalue weighted by Crippen LogP contribution is 2.33. The molecule has 4 aliphatic rings. The molecule has 298 valence electrons. The zero-order valence-electron chi connectivity index (χ0n) is 28.4. The van der Waals surface area contributed by atoms with E-state index in [-0.39, 0.29) is 11.5 Å². The quantitative estimate of drug-likeness (QED) is 0.0714. The van der Waals surface area contributed by atoms with Gasteiger partial charge in [0, 0.05) is 13.0 Å². The number of aliphatic hydroxyl groups excluding tert-OH is 8. The number of aliphatic hydroxyl groups is 8. The summed E-state index contributed by atoms with van der Waals surface area (Å²) in [5.74, 6) is -1.66. The first-order valence-electron chi connectivity index (χ1n) is 16.5. The van der Waals surface area contributed by atoms with E-state index >= 15 is 0 Å². The summed E-state index contributed by atoms with van der Waals surface area (Å²) < 4.78 is 54.7. The maximum absolute atomic E-state index is 12.5. The van der Waals surface area contributed by atoms with Gasteiger partial charge in [-0.25, -0.2) is 4.79 Å². The van der Waals surface area contributed by atoms with Crippen molar-refractivity contribution in [2.75, 3.05) is 33.5 Å². The minimum atomic E-state index is -1.86. The van der Waals surface area contributed by atoms with Crippen molar-refractivity contribution in [1.29, 1.82) is 0 Å². The van der Waals surface area contributed by atoms with Gasteiger partial charge in [-0.15, -0.1) is 0 Å². The maximum atomic E-state index is 12.5. The zero-order valence-corrected chi connectivity index (χ0v) is 28.4. The summed E-state index contributed by atoms with van der Waals surface area (Å²) in [6.07, 6.45) is -23.2. The molecule has 1 aromatic rings. The van der Waals surface area contributed by atoms with E-state index in [2.05, 4.69) is 0 Å². The molecule has 21 heteroatoms. The summed E-state index contributed by atoms with van der Waals surface area (Å²) in [7, 11) is 1.36. The summed E-state index contributed by atoms with van der Waals surface area (Å²) in [6, 6.07) is 4.35. The summed E-state index contributed by atoms with van der Waals surface area (Å²) in [5, 5.41) is 92.9. The van der Waals surface area contributed by atoms with Crippen LogP contribution in [-0.2, 0) is 52.2 Å². The molecule has 0 aliphatic carbocycles. The van der Waals surface area contributed by atoms with Crippen LogP contribution in [0.3, 0.4) is 0 Å². The first-order valence-corrected chi connectivity index (χ1v) is 16.5. The number of rotatable bonds is 12. The van der Waals surface area contributed by atoms with Gasteiger partial charge in [-0.2, -0.15) is 0 Å². The SMILES string of the molecule is COc1cc(C=CC(=O)OC[C@@H]2O[C@@H](O[C@@H]3[C@@H](O)[C@H](O[C@@H]4CO[C@@H](O)[C@H](O)[C@H]4O)OC[C@H]3O[C@@H]3OC[C@@H](O)[C@H](O)[C@H]3O)[C@H](OC(C)=O)[C@H]2O)ccc1O. The summed E-state index contributed by atoms with van der Waals surface area (Å²) in [4.78, 5) is 24.6. The van der Waals surface area contributed by atoms with Gasteiger partial charge in [0.05, 0.1) is 26.9 Å². The highest BCUT2D eigenvalue weighted by molar-refractivity contribution is 5.87. The molecule has 4 heterocycles. The summed E-state index contributed by atoms with van der Waals surface area (Å²) in [5.41, 5.74) is 0.488. The Bertz CT molecular complexity index is 1410. The number of carbonyl (C=O) groups excluding carboxylic acids is 2. The number of phenols is 1. The van der Waals surface area contributed by atoms with Crippen LogP contribution < -0.4 is 4.74 Å². The first kappa shape index (κ1) is 41.1. The average molecular weight is 765 g/mol. The van der Waals surface area contributed by atoms with Crippen LogP contribution in [0, 0.1) is 0 Å². The van der Waals surface area contributed by atoms with E-state index in [1.807, 2.05) is 0 Å². The predicted molar refractivity (Wildman–Crippen MR) is 167 cm³/mol. The molecule has 1 aromatic carbocycles. The van der Waals surface area contributed by atoms with Gasteiger partial charge in [-0.3, -0.25) is 4.79 Å². The normalized spacial score (nSPS) is 40.6. The third-order valence-corrected chi connectivity index (χ3v) is 8.83. The first-order chi connectivity index (χ1) is 25.2.